The minimum absolute atomic E-state index is 0.155. The average molecular weight is 373 g/mol. The Kier molecular flexibility index (Phi) is 7.24. The number of anilines is 1. The van der Waals surface area contributed by atoms with Gasteiger partial charge in [-0.05, 0) is 38.8 Å². The molecule has 1 aliphatic heterocycles. The summed E-state index contributed by atoms with van der Waals surface area (Å²) < 4.78 is 10.8. The van der Waals surface area contributed by atoms with E-state index in [2.05, 4.69) is 29.0 Å². The summed E-state index contributed by atoms with van der Waals surface area (Å²) in [7, 11) is 1.67. The predicted molar refractivity (Wildman–Crippen MR) is 107 cm³/mol. The van der Waals surface area contributed by atoms with Crippen LogP contribution in [0.1, 0.15) is 67.8 Å². The van der Waals surface area contributed by atoms with Crippen LogP contribution in [0.2, 0.25) is 0 Å². The molecule has 2 aromatic rings. The maximum absolute atomic E-state index is 5.74. The molecule has 0 saturated carbocycles. The van der Waals surface area contributed by atoms with Gasteiger partial charge in [0.25, 0.3) is 0 Å². The van der Waals surface area contributed by atoms with Crippen molar-refractivity contribution in [3.8, 4) is 0 Å². The van der Waals surface area contributed by atoms with Gasteiger partial charge in [-0.1, -0.05) is 19.3 Å². The normalized spacial score (nSPS) is 16.8. The molecule has 0 amide bonds. The summed E-state index contributed by atoms with van der Waals surface area (Å²) in [5.41, 5.74) is 2.18. The Labute approximate surface area is 162 Å². The van der Waals surface area contributed by atoms with E-state index in [1.165, 1.54) is 32.1 Å². The number of nitrogens with zero attached hydrogens (tertiary/aromatic N) is 3. The Balaban J connectivity index is 1.60. The molecule has 0 spiro atoms. The van der Waals surface area contributed by atoms with E-state index >= 15 is 0 Å². The van der Waals surface area contributed by atoms with Crippen molar-refractivity contribution in [2.75, 3.05) is 25.1 Å². The van der Waals surface area contributed by atoms with Gasteiger partial charge in [-0.3, -0.25) is 0 Å². The van der Waals surface area contributed by atoms with Crippen molar-refractivity contribution in [2.45, 2.75) is 65.1 Å². The summed E-state index contributed by atoms with van der Waals surface area (Å²) in [6.45, 7) is 7.51. The highest BCUT2D eigenvalue weighted by atomic mass is 16.5. The van der Waals surface area contributed by atoms with Gasteiger partial charge in [-0.15, -0.1) is 0 Å². The van der Waals surface area contributed by atoms with Gasteiger partial charge in [-0.25, -0.2) is 9.97 Å². The molecule has 1 aliphatic rings. The van der Waals surface area contributed by atoms with Crippen LogP contribution < -0.4 is 10.2 Å². The van der Waals surface area contributed by atoms with Crippen molar-refractivity contribution in [3.05, 3.63) is 41.1 Å². The van der Waals surface area contributed by atoms with Gasteiger partial charge >= 0.3 is 0 Å². The number of hydrogen-bond acceptors (Lipinski definition) is 6. The topological polar surface area (TPSA) is 63.4 Å². The maximum Gasteiger partial charge on any atom is 0.225 e. The largest absolute Gasteiger partial charge is 0.462 e. The van der Waals surface area contributed by atoms with Crippen LogP contribution in [0, 0.1) is 6.92 Å². The van der Waals surface area contributed by atoms with Gasteiger partial charge in [0.05, 0.1) is 6.54 Å². The van der Waals surface area contributed by atoms with Gasteiger partial charge in [-0.2, -0.15) is 0 Å². The fourth-order valence-corrected chi connectivity index (χ4v) is 3.59. The van der Waals surface area contributed by atoms with Crippen LogP contribution in [0.5, 0.6) is 0 Å². The molecule has 1 unspecified atom stereocenters. The number of rotatable bonds is 7. The van der Waals surface area contributed by atoms with Crippen LogP contribution in [0.15, 0.2) is 22.7 Å². The summed E-state index contributed by atoms with van der Waals surface area (Å²) in [4.78, 5) is 11.8. The lowest BCUT2D eigenvalue weighted by atomic mass is 10.1. The zero-order chi connectivity index (χ0) is 19.1. The molecule has 27 heavy (non-hydrogen) atoms. The van der Waals surface area contributed by atoms with Crippen molar-refractivity contribution < 1.29 is 9.15 Å². The lowest BCUT2D eigenvalue weighted by Gasteiger charge is -2.25. The van der Waals surface area contributed by atoms with E-state index in [9.17, 15) is 0 Å². The fraction of sp³-hybridized carbons (Fsp3) is 0.619. The van der Waals surface area contributed by atoms with E-state index in [0.717, 1.165) is 41.8 Å². The second-order valence-corrected chi connectivity index (χ2v) is 7.37. The van der Waals surface area contributed by atoms with Gasteiger partial charge in [0.1, 0.15) is 18.1 Å². The Bertz CT molecular complexity index is 708. The van der Waals surface area contributed by atoms with Crippen molar-refractivity contribution in [2.24, 2.45) is 0 Å². The van der Waals surface area contributed by atoms with Gasteiger partial charge in [0.2, 0.25) is 5.95 Å². The molecule has 6 heteroatoms. The van der Waals surface area contributed by atoms with Crippen LogP contribution in [-0.4, -0.2) is 30.2 Å². The molecule has 148 valence electrons. The number of aromatic nitrogens is 2. The highest BCUT2D eigenvalue weighted by Crippen LogP contribution is 2.21. The molecule has 0 radical (unpaired) electrons. The first-order valence-electron chi connectivity index (χ1n) is 10.1. The highest BCUT2D eigenvalue weighted by molar-refractivity contribution is 5.34. The number of methoxy groups -OCH3 is 1. The molecule has 0 bridgehead atoms. The van der Waals surface area contributed by atoms with Gasteiger partial charge in [0.15, 0.2) is 0 Å². The third kappa shape index (κ3) is 5.53. The maximum atomic E-state index is 5.74. The van der Waals surface area contributed by atoms with Crippen molar-refractivity contribution >= 4 is 5.95 Å². The standard InChI is InChI=1S/C21H32N4O2/c1-16(22-13-18-9-10-19(27-18)15-26-3)20-14-23-21(24-17(20)2)25-11-7-5-4-6-8-12-25/h9-10,14,16,22H,4-8,11-13,15H2,1-3H3. The summed E-state index contributed by atoms with van der Waals surface area (Å²) in [5.74, 6) is 2.63. The number of nitrogens with one attached hydrogen (secondary N) is 1. The third-order valence-corrected chi connectivity index (χ3v) is 5.20. The zero-order valence-electron chi connectivity index (χ0n) is 16.8. The molecular formula is C21H32N4O2. The average Bonchev–Trinajstić information content (AvgIpc) is 3.07. The molecular weight excluding hydrogens is 340 g/mol. The zero-order valence-corrected chi connectivity index (χ0v) is 16.8. The molecule has 6 nitrogen and oxygen atoms in total. The number of hydrogen-bond donors (Lipinski definition) is 1. The number of aryl methyl sites for hydroxylation is 1. The Morgan fingerprint density at radius 1 is 1.15 bits per heavy atom. The van der Waals surface area contributed by atoms with Gasteiger partial charge < -0.3 is 19.4 Å². The van der Waals surface area contributed by atoms with Crippen LogP contribution in [-0.2, 0) is 17.9 Å². The summed E-state index contributed by atoms with van der Waals surface area (Å²) in [6.07, 6.45) is 8.43. The summed E-state index contributed by atoms with van der Waals surface area (Å²) in [6, 6.07) is 4.10. The van der Waals surface area contributed by atoms with Crippen LogP contribution in [0.3, 0.4) is 0 Å². The van der Waals surface area contributed by atoms with Crippen molar-refractivity contribution in [3.63, 3.8) is 0 Å². The lowest BCUT2D eigenvalue weighted by molar-refractivity contribution is 0.162. The summed E-state index contributed by atoms with van der Waals surface area (Å²) in [5, 5.41) is 3.50. The minimum atomic E-state index is 0.155. The minimum Gasteiger partial charge on any atom is -0.462 e. The Morgan fingerprint density at radius 2 is 1.85 bits per heavy atom. The smallest absolute Gasteiger partial charge is 0.225 e. The fourth-order valence-electron chi connectivity index (χ4n) is 3.59. The van der Waals surface area contributed by atoms with E-state index in [0.29, 0.717) is 13.2 Å². The first-order chi connectivity index (χ1) is 13.2. The van der Waals surface area contributed by atoms with E-state index in [1.54, 1.807) is 7.11 Å². The summed E-state index contributed by atoms with van der Waals surface area (Å²) >= 11 is 0. The van der Waals surface area contributed by atoms with Crippen LogP contribution in [0.25, 0.3) is 0 Å². The van der Waals surface area contributed by atoms with Gasteiger partial charge in [0, 0.05) is 43.7 Å². The van der Waals surface area contributed by atoms with E-state index < -0.39 is 0 Å². The monoisotopic (exact) mass is 372 g/mol. The van der Waals surface area contributed by atoms with Crippen molar-refractivity contribution in [1.29, 1.82) is 0 Å². The van der Waals surface area contributed by atoms with Crippen molar-refractivity contribution in [1.82, 2.24) is 15.3 Å². The second kappa shape index (κ2) is 9.85. The quantitative estimate of drug-likeness (QED) is 0.788. The third-order valence-electron chi connectivity index (χ3n) is 5.20. The Hall–Kier alpha value is -1.92. The highest BCUT2D eigenvalue weighted by Gasteiger charge is 2.16. The first-order valence-corrected chi connectivity index (χ1v) is 10.1. The predicted octanol–water partition coefficient (Wildman–Crippen LogP) is 4.15. The molecule has 1 N–H and O–H groups in total. The second-order valence-electron chi connectivity index (χ2n) is 7.37. The van der Waals surface area contributed by atoms with E-state index in [4.69, 9.17) is 14.1 Å². The van der Waals surface area contributed by atoms with E-state index in [-0.39, 0.29) is 6.04 Å². The molecule has 1 atom stereocenters. The number of ether oxygens (including phenoxy) is 1. The first kappa shape index (κ1) is 19.8. The molecule has 3 heterocycles. The molecule has 2 aromatic heterocycles. The Morgan fingerprint density at radius 3 is 2.56 bits per heavy atom. The molecule has 0 aliphatic carbocycles. The van der Waals surface area contributed by atoms with Crippen LogP contribution >= 0.6 is 0 Å². The SMILES string of the molecule is COCc1ccc(CNC(C)c2cnc(N3CCCCCCC3)nc2C)o1. The molecule has 0 aromatic carbocycles. The van der Waals surface area contributed by atoms with Crippen LogP contribution in [0.4, 0.5) is 5.95 Å². The molecule has 3 rings (SSSR count). The van der Waals surface area contributed by atoms with E-state index in [1.807, 2.05) is 18.3 Å². The molecule has 1 saturated heterocycles. The lowest BCUT2D eigenvalue weighted by Crippen LogP contribution is -2.29. The number of furan rings is 1. The molecule has 1 fully saturated rings.